The van der Waals surface area contributed by atoms with Crippen LogP contribution in [0.15, 0.2) is 84.9 Å². The fourth-order valence-electron chi connectivity index (χ4n) is 2.86. The number of benzene rings is 4. The van der Waals surface area contributed by atoms with Crippen LogP contribution in [-0.4, -0.2) is 17.2 Å². The molecule has 0 bridgehead atoms. The van der Waals surface area contributed by atoms with Crippen LogP contribution in [-0.2, 0) is 0 Å². The van der Waals surface area contributed by atoms with Gasteiger partial charge in [-0.15, -0.1) is 0 Å². The van der Waals surface area contributed by atoms with Crippen molar-refractivity contribution in [1.82, 2.24) is 0 Å². The highest BCUT2D eigenvalue weighted by Gasteiger charge is 2.05. The molecule has 0 N–H and O–H groups in total. The zero-order chi connectivity index (χ0) is 14.9. The van der Waals surface area contributed by atoms with Gasteiger partial charge in [0.25, 0.3) is 0 Å². The lowest BCUT2D eigenvalue weighted by Gasteiger charge is -2.08. The molecule has 0 aromatic heterocycles. The van der Waals surface area contributed by atoms with Gasteiger partial charge in [-0.3, -0.25) is 0 Å². The third kappa shape index (κ3) is 2.41. The van der Waals surface area contributed by atoms with Crippen molar-refractivity contribution in [3.8, 4) is 0 Å². The predicted octanol–water partition coefficient (Wildman–Crippen LogP) is 3.27. The Morgan fingerprint density at radius 3 is 1.36 bits per heavy atom. The molecule has 0 saturated carbocycles. The Hall–Kier alpha value is -2.17. The first-order valence-electron chi connectivity index (χ1n) is 7.38. The Morgan fingerprint density at radius 2 is 0.909 bits per heavy atom. The molecule has 0 fully saturated rings. The number of rotatable bonds is 2. The Balaban J connectivity index is 1.80. The maximum atomic E-state index is 4.03. The summed E-state index contributed by atoms with van der Waals surface area (Å²) < 4.78 is 0. The van der Waals surface area contributed by atoms with E-state index in [9.17, 15) is 0 Å². The highest BCUT2D eigenvalue weighted by Crippen LogP contribution is 2.12. The quantitative estimate of drug-likeness (QED) is 0.499. The molecule has 2 heteroatoms. The minimum absolute atomic E-state index is 0.920. The van der Waals surface area contributed by atoms with E-state index < -0.39 is 7.89 Å². The Kier molecular flexibility index (Phi) is 3.41. The van der Waals surface area contributed by atoms with Crippen molar-refractivity contribution in [1.29, 1.82) is 0 Å². The van der Waals surface area contributed by atoms with Crippen molar-refractivity contribution in [2.45, 2.75) is 0 Å². The monoisotopic (exact) mass is 310 g/mol. The standard InChI is InChI=1S/C20H14Si2/c21-22(19-11-9-15-5-1-3-7-17(15)13-19)20-12-10-16-6-2-4-8-18(16)14-20/h1-14H. The summed E-state index contributed by atoms with van der Waals surface area (Å²) in [7, 11) is 3.11. The summed E-state index contributed by atoms with van der Waals surface area (Å²) in [5.41, 5.74) is 0. The minimum Gasteiger partial charge on any atom is -0.0616 e. The van der Waals surface area contributed by atoms with Gasteiger partial charge in [0.15, 0.2) is 0 Å². The SMILES string of the molecule is [Si]=[Si](c1ccc2ccccc2c1)c1ccc2ccccc2c1. The zero-order valence-corrected chi connectivity index (χ0v) is 14.1. The van der Waals surface area contributed by atoms with Crippen LogP contribution < -0.4 is 10.4 Å². The topological polar surface area (TPSA) is 0 Å². The predicted molar refractivity (Wildman–Crippen MR) is 98.7 cm³/mol. The van der Waals surface area contributed by atoms with E-state index in [1.807, 2.05) is 0 Å². The van der Waals surface area contributed by atoms with E-state index in [1.165, 1.54) is 31.9 Å². The summed E-state index contributed by atoms with van der Waals surface area (Å²) in [6, 6.07) is 30.6. The molecule has 0 aliphatic heterocycles. The molecule has 102 valence electrons. The molecule has 0 amide bonds. The van der Waals surface area contributed by atoms with E-state index in [4.69, 9.17) is 0 Å². The van der Waals surface area contributed by atoms with Gasteiger partial charge in [0.2, 0.25) is 0 Å². The summed E-state index contributed by atoms with van der Waals surface area (Å²) in [6.07, 6.45) is 0. The van der Waals surface area contributed by atoms with Crippen molar-refractivity contribution >= 4 is 49.1 Å². The molecule has 0 spiro atoms. The summed E-state index contributed by atoms with van der Waals surface area (Å²) in [5.74, 6) is 0. The molecule has 4 aromatic rings. The van der Waals surface area contributed by atoms with Crippen molar-refractivity contribution in [2.75, 3.05) is 0 Å². The molecule has 22 heavy (non-hydrogen) atoms. The third-order valence-electron chi connectivity index (χ3n) is 4.08. The average Bonchev–Trinajstić information content (AvgIpc) is 2.60. The van der Waals surface area contributed by atoms with Crippen LogP contribution >= 0.6 is 0 Å². The molecule has 0 aliphatic rings. The number of hydrogen-bond donors (Lipinski definition) is 0. The van der Waals surface area contributed by atoms with Gasteiger partial charge < -0.3 is 0 Å². The second kappa shape index (κ2) is 5.56. The van der Waals surface area contributed by atoms with E-state index >= 15 is 0 Å². The molecule has 0 nitrogen and oxygen atoms in total. The lowest BCUT2D eigenvalue weighted by molar-refractivity contribution is 1.77. The van der Waals surface area contributed by atoms with Crippen molar-refractivity contribution in [3.05, 3.63) is 84.9 Å². The molecular weight excluding hydrogens is 296 g/mol. The van der Waals surface area contributed by atoms with Gasteiger partial charge in [-0.2, -0.15) is 0 Å². The van der Waals surface area contributed by atoms with Crippen molar-refractivity contribution < 1.29 is 0 Å². The molecule has 4 aromatic carbocycles. The van der Waals surface area contributed by atoms with E-state index in [-0.39, 0.29) is 0 Å². The normalized spacial score (nSPS) is 10.9. The third-order valence-corrected chi connectivity index (χ3v) is 7.59. The second-order valence-corrected chi connectivity index (χ2v) is 8.90. The van der Waals surface area contributed by atoms with E-state index in [0.29, 0.717) is 0 Å². The molecule has 2 radical (unpaired) electrons. The van der Waals surface area contributed by atoms with Crippen LogP contribution in [0, 0.1) is 0 Å². The van der Waals surface area contributed by atoms with Crippen molar-refractivity contribution in [3.63, 3.8) is 0 Å². The zero-order valence-electron chi connectivity index (χ0n) is 12.1. The molecule has 0 aliphatic carbocycles. The van der Waals surface area contributed by atoms with Crippen LogP contribution in [0.2, 0.25) is 0 Å². The number of fused-ring (bicyclic) bond motifs is 2. The second-order valence-electron chi connectivity index (χ2n) is 5.50. The van der Waals surface area contributed by atoms with E-state index in [0.717, 1.165) is 0 Å². The largest absolute Gasteiger partial charge is 0.0616 e. The average molecular weight is 311 g/mol. The lowest BCUT2D eigenvalue weighted by atomic mass is 10.1. The van der Waals surface area contributed by atoms with Gasteiger partial charge in [-0.25, -0.2) is 0 Å². The Morgan fingerprint density at radius 1 is 0.500 bits per heavy atom. The minimum atomic E-state index is -0.920. The Bertz CT molecular complexity index is 921. The number of hydrogen-bond acceptors (Lipinski definition) is 0. The first kappa shape index (κ1) is 13.5. The van der Waals surface area contributed by atoms with E-state index in [2.05, 4.69) is 94.3 Å². The van der Waals surface area contributed by atoms with Gasteiger partial charge in [0.1, 0.15) is 0 Å². The fourth-order valence-corrected chi connectivity index (χ4v) is 5.22. The first-order chi connectivity index (χ1) is 10.8. The van der Waals surface area contributed by atoms with Crippen molar-refractivity contribution in [2.24, 2.45) is 0 Å². The lowest BCUT2D eigenvalue weighted by Crippen LogP contribution is -2.34. The van der Waals surface area contributed by atoms with Gasteiger partial charge >= 0.3 is 0 Å². The summed E-state index contributed by atoms with van der Waals surface area (Å²) in [5, 5.41) is 7.98. The molecular formula is C20H14Si2. The van der Waals surface area contributed by atoms with Crippen LogP contribution in [0.25, 0.3) is 21.5 Å². The summed E-state index contributed by atoms with van der Waals surface area (Å²) >= 11 is 0. The van der Waals surface area contributed by atoms with Gasteiger partial charge in [0, 0.05) is 9.34 Å². The molecule has 4 rings (SSSR count). The smallest absolute Gasteiger partial charge is 0.0582 e. The summed E-state index contributed by atoms with van der Waals surface area (Å²) in [4.78, 5) is 0. The Labute approximate surface area is 134 Å². The first-order valence-corrected chi connectivity index (χ1v) is 10.4. The molecule has 0 unspecified atom stereocenters. The highest BCUT2D eigenvalue weighted by molar-refractivity contribution is 6.96. The van der Waals surface area contributed by atoms with E-state index in [1.54, 1.807) is 0 Å². The van der Waals surface area contributed by atoms with Crippen LogP contribution in [0.1, 0.15) is 0 Å². The maximum absolute atomic E-state index is 4.03. The van der Waals surface area contributed by atoms with Gasteiger partial charge in [0.05, 0.1) is 7.89 Å². The molecule has 0 heterocycles. The fraction of sp³-hybridized carbons (Fsp3) is 0. The van der Waals surface area contributed by atoms with Crippen LogP contribution in [0.3, 0.4) is 0 Å². The highest BCUT2D eigenvalue weighted by atomic mass is 28.9. The maximum Gasteiger partial charge on any atom is 0.0582 e. The van der Waals surface area contributed by atoms with Crippen LogP contribution in [0.4, 0.5) is 0 Å². The van der Waals surface area contributed by atoms with Gasteiger partial charge in [-0.05, 0) is 31.9 Å². The van der Waals surface area contributed by atoms with Crippen LogP contribution in [0.5, 0.6) is 0 Å². The molecule has 0 atom stereocenters. The summed E-state index contributed by atoms with van der Waals surface area (Å²) in [6.45, 7) is 0. The van der Waals surface area contributed by atoms with Gasteiger partial charge in [-0.1, -0.05) is 84.9 Å². The molecule has 0 saturated heterocycles.